The van der Waals surface area contributed by atoms with E-state index in [1.54, 1.807) is 0 Å². The lowest BCUT2D eigenvalue weighted by Gasteiger charge is -2.04. The second-order valence-electron chi connectivity index (χ2n) is 5.45. The molecule has 0 bridgehead atoms. The van der Waals surface area contributed by atoms with Gasteiger partial charge in [0.25, 0.3) is 0 Å². The van der Waals surface area contributed by atoms with Crippen molar-refractivity contribution in [1.29, 1.82) is 0 Å². The summed E-state index contributed by atoms with van der Waals surface area (Å²) in [6.07, 6.45) is 0.266. The maximum absolute atomic E-state index is 11.9. The van der Waals surface area contributed by atoms with Gasteiger partial charge in [0.15, 0.2) is 0 Å². The van der Waals surface area contributed by atoms with Crippen molar-refractivity contribution in [3.8, 4) is 10.6 Å². The first-order valence-corrected chi connectivity index (χ1v) is 8.78. The fourth-order valence-electron chi connectivity index (χ4n) is 2.21. The Hall–Kier alpha value is -2.17. The Morgan fingerprint density at radius 1 is 1.17 bits per heavy atom. The molecule has 0 aliphatic heterocycles. The minimum Gasteiger partial charge on any atom is -0.459 e. The van der Waals surface area contributed by atoms with Crippen LogP contribution in [0.2, 0.25) is 5.02 Å². The molecule has 3 aromatic rings. The molecule has 1 aromatic heterocycles. The van der Waals surface area contributed by atoms with Gasteiger partial charge in [-0.15, -0.1) is 11.3 Å². The van der Waals surface area contributed by atoms with Crippen molar-refractivity contribution in [1.82, 2.24) is 4.98 Å². The number of carbonyl (C=O) groups is 1. The van der Waals surface area contributed by atoms with Crippen molar-refractivity contribution in [2.45, 2.75) is 20.0 Å². The topological polar surface area (TPSA) is 39.2 Å². The van der Waals surface area contributed by atoms with E-state index in [1.165, 1.54) is 16.9 Å². The SMILES string of the molecule is Cc1ccc(CC(=O)OCc2csc(-c3ccccc3Cl)n2)cc1. The van der Waals surface area contributed by atoms with Gasteiger partial charge in [-0.25, -0.2) is 4.98 Å². The molecule has 122 valence electrons. The standard InChI is InChI=1S/C19H16ClNO2S/c1-13-6-8-14(9-7-13)10-18(22)23-11-15-12-24-19(21-15)16-4-2-3-5-17(16)20/h2-9,12H,10-11H2,1H3. The summed E-state index contributed by atoms with van der Waals surface area (Å²) in [6, 6.07) is 15.4. The molecule has 0 radical (unpaired) electrons. The largest absolute Gasteiger partial charge is 0.459 e. The third kappa shape index (κ3) is 4.22. The van der Waals surface area contributed by atoms with E-state index in [1.807, 2.05) is 60.8 Å². The summed E-state index contributed by atoms with van der Waals surface area (Å²) in [6.45, 7) is 2.19. The Morgan fingerprint density at radius 3 is 2.67 bits per heavy atom. The predicted octanol–water partition coefficient (Wildman–Crippen LogP) is 5.06. The van der Waals surface area contributed by atoms with Gasteiger partial charge in [-0.2, -0.15) is 0 Å². The van der Waals surface area contributed by atoms with Gasteiger partial charge in [-0.1, -0.05) is 59.6 Å². The molecule has 0 saturated heterocycles. The summed E-state index contributed by atoms with van der Waals surface area (Å²) in [5, 5.41) is 3.37. The minimum atomic E-state index is -0.258. The number of hydrogen-bond acceptors (Lipinski definition) is 4. The smallest absolute Gasteiger partial charge is 0.310 e. The lowest BCUT2D eigenvalue weighted by Crippen LogP contribution is -2.08. The molecule has 0 N–H and O–H groups in total. The molecule has 2 aromatic carbocycles. The van der Waals surface area contributed by atoms with Crippen LogP contribution >= 0.6 is 22.9 Å². The van der Waals surface area contributed by atoms with E-state index in [0.717, 1.165) is 21.8 Å². The van der Waals surface area contributed by atoms with Crippen LogP contribution < -0.4 is 0 Å². The fraction of sp³-hybridized carbons (Fsp3) is 0.158. The third-order valence-electron chi connectivity index (χ3n) is 3.51. The molecule has 0 saturated carbocycles. The van der Waals surface area contributed by atoms with Gasteiger partial charge in [-0.05, 0) is 18.6 Å². The summed E-state index contributed by atoms with van der Waals surface area (Å²) in [7, 11) is 0. The highest BCUT2D eigenvalue weighted by Crippen LogP contribution is 2.30. The van der Waals surface area contributed by atoms with E-state index in [0.29, 0.717) is 5.02 Å². The Bertz CT molecular complexity index is 843. The van der Waals surface area contributed by atoms with Gasteiger partial charge >= 0.3 is 5.97 Å². The van der Waals surface area contributed by atoms with E-state index in [4.69, 9.17) is 16.3 Å². The van der Waals surface area contributed by atoms with Gasteiger partial charge in [-0.3, -0.25) is 4.79 Å². The van der Waals surface area contributed by atoms with Crippen LogP contribution in [0.3, 0.4) is 0 Å². The van der Waals surface area contributed by atoms with Gasteiger partial charge in [0.1, 0.15) is 11.6 Å². The minimum absolute atomic E-state index is 0.172. The first-order valence-electron chi connectivity index (χ1n) is 7.52. The highest BCUT2D eigenvalue weighted by Gasteiger charge is 2.10. The molecule has 24 heavy (non-hydrogen) atoms. The Morgan fingerprint density at radius 2 is 1.92 bits per heavy atom. The first kappa shape index (κ1) is 16.7. The Kier molecular flexibility index (Phi) is 5.28. The van der Waals surface area contributed by atoms with Gasteiger partial charge < -0.3 is 4.74 Å². The highest BCUT2D eigenvalue weighted by molar-refractivity contribution is 7.13. The average molecular weight is 358 g/mol. The zero-order valence-corrected chi connectivity index (χ0v) is 14.7. The van der Waals surface area contributed by atoms with Crippen molar-refractivity contribution in [3.05, 3.63) is 75.8 Å². The van der Waals surface area contributed by atoms with Crippen LogP contribution in [0.25, 0.3) is 10.6 Å². The molecule has 0 fully saturated rings. The zero-order valence-electron chi connectivity index (χ0n) is 13.2. The van der Waals surface area contributed by atoms with E-state index in [9.17, 15) is 4.79 Å². The highest BCUT2D eigenvalue weighted by atomic mass is 35.5. The Labute approximate surface area is 149 Å². The van der Waals surface area contributed by atoms with E-state index < -0.39 is 0 Å². The van der Waals surface area contributed by atoms with Crippen LogP contribution in [0.4, 0.5) is 0 Å². The van der Waals surface area contributed by atoms with Crippen LogP contribution in [0.1, 0.15) is 16.8 Å². The number of aromatic nitrogens is 1. The molecular formula is C19H16ClNO2S. The van der Waals surface area contributed by atoms with Crippen LogP contribution in [0.5, 0.6) is 0 Å². The van der Waals surface area contributed by atoms with Gasteiger partial charge in [0.2, 0.25) is 0 Å². The maximum Gasteiger partial charge on any atom is 0.310 e. The van der Waals surface area contributed by atoms with Crippen molar-refractivity contribution in [2.24, 2.45) is 0 Å². The molecule has 0 amide bonds. The monoisotopic (exact) mass is 357 g/mol. The lowest BCUT2D eigenvalue weighted by molar-refractivity contribution is -0.144. The van der Waals surface area contributed by atoms with Crippen molar-refractivity contribution < 1.29 is 9.53 Å². The van der Waals surface area contributed by atoms with Crippen molar-refractivity contribution in [3.63, 3.8) is 0 Å². The fourth-order valence-corrected chi connectivity index (χ4v) is 3.33. The third-order valence-corrected chi connectivity index (χ3v) is 4.76. The van der Waals surface area contributed by atoms with E-state index >= 15 is 0 Å². The number of thiazole rings is 1. The van der Waals surface area contributed by atoms with Crippen LogP contribution in [-0.4, -0.2) is 11.0 Å². The lowest BCUT2D eigenvalue weighted by atomic mass is 10.1. The molecule has 1 heterocycles. The summed E-state index contributed by atoms with van der Waals surface area (Å²) >= 11 is 7.67. The molecule has 0 atom stereocenters. The van der Waals surface area contributed by atoms with Crippen molar-refractivity contribution in [2.75, 3.05) is 0 Å². The molecule has 0 spiro atoms. The molecule has 0 unspecified atom stereocenters. The summed E-state index contributed by atoms with van der Waals surface area (Å²) < 4.78 is 5.31. The summed E-state index contributed by atoms with van der Waals surface area (Å²) in [5.41, 5.74) is 3.73. The number of halogens is 1. The quantitative estimate of drug-likeness (QED) is 0.599. The second-order valence-corrected chi connectivity index (χ2v) is 6.71. The number of esters is 1. The summed E-state index contributed by atoms with van der Waals surface area (Å²) in [5.74, 6) is -0.258. The molecule has 3 nitrogen and oxygen atoms in total. The zero-order chi connectivity index (χ0) is 16.9. The average Bonchev–Trinajstić information content (AvgIpc) is 3.04. The summed E-state index contributed by atoms with van der Waals surface area (Å²) in [4.78, 5) is 16.4. The van der Waals surface area contributed by atoms with E-state index in [-0.39, 0.29) is 19.0 Å². The number of nitrogens with zero attached hydrogens (tertiary/aromatic N) is 1. The maximum atomic E-state index is 11.9. The number of hydrogen-bond donors (Lipinski definition) is 0. The van der Waals surface area contributed by atoms with Crippen LogP contribution in [-0.2, 0) is 22.6 Å². The molecule has 0 aliphatic carbocycles. The number of rotatable bonds is 5. The first-order chi connectivity index (χ1) is 11.6. The number of carbonyl (C=O) groups excluding carboxylic acids is 1. The Balaban J connectivity index is 1.58. The van der Waals surface area contributed by atoms with Crippen LogP contribution in [0.15, 0.2) is 53.9 Å². The molecule has 3 rings (SSSR count). The number of ether oxygens (including phenoxy) is 1. The molecule has 0 aliphatic rings. The normalized spacial score (nSPS) is 10.6. The van der Waals surface area contributed by atoms with E-state index in [2.05, 4.69) is 4.98 Å². The predicted molar refractivity (Wildman–Crippen MR) is 97.2 cm³/mol. The van der Waals surface area contributed by atoms with Crippen molar-refractivity contribution >= 4 is 28.9 Å². The van der Waals surface area contributed by atoms with Gasteiger partial charge in [0, 0.05) is 10.9 Å². The number of benzene rings is 2. The molecule has 5 heteroatoms. The van der Waals surface area contributed by atoms with Crippen LogP contribution in [0, 0.1) is 6.92 Å². The second kappa shape index (κ2) is 7.60. The molecular weight excluding hydrogens is 342 g/mol. The number of aryl methyl sites for hydroxylation is 1. The van der Waals surface area contributed by atoms with Gasteiger partial charge in [0.05, 0.1) is 17.1 Å².